The van der Waals surface area contributed by atoms with E-state index in [9.17, 15) is 0 Å². The van der Waals surface area contributed by atoms with Crippen molar-refractivity contribution in [1.82, 2.24) is 4.90 Å². The number of ether oxygens (including phenoxy) is 1. The number of hydrogen-bond donors (Lipinski definition) is 0. The molecule has 0 spiro atoms. The van der Waals surface area contributed by atoms with Gasteiger partial charge in [0.1, 0.15) is 0 Å². The van der Waals surface area contributed by atoms with Gasteiger partial charge in [0.15, 0.2) is 0 Å². The molecule has 0 aromatic carbocycles. The van der Waals surface area contributed by atoms with E-state index in [0.29, 0.717) is 17.5 Å². The van der Waals surface area contributed by atoms with Crippen LogP contribution in [-0.2, 0) is 4.74 Å². The second-order valence-corrected chi connectivity index (χ2v) is 6.91. The second-order valence-electron chi connectivity index (χ2n) is 6.35. The third kappa shape index (κ3) is 3.59. The molecule has 0 radical (unpaired) electrons. The SMILES string of the molecule is CN(CC1CCC(C)(C)O1)C1CCCCC1Cl. The zero-order valence-corrected chi connectivity index (χ0v) is 12.2. The third-order valence-corrected chi connectivity index (χ3v) is 4.77. The monoisotopic (exact) mass is 259 g/mol. The van der Waals surface area contributed by atoms with Gasteiger partial charge in [0.2, 0.25) is 0 Å². The molecule has 1 heterocycles. The van der Waals surface area contributed by atoms with Crippen LogP contribution in [0, 0.1) is 0 Å². The molecule has 2 fully saturated rings. The quantitative estimate of drug-likeness (QED) is 0.720. The molecule has 3 atom stereocenters. The predicted octanol–water partition coefficient (Wildman–Crippen LogP) is 3.43. The Morgan fingerprint density at radius 3 is 2.53 bits per heavy atom. The van der Waals surface area contributed by atoms with E-state index in [-0.39, 0.29) is 5.60 Å². The van der Waals surface area contributed by atoms with Crippen LogP contribution in [-0.4, -0.2) is 41.6 Å². The van der Waals surface area contributed by atoms with Crippen LogP contribution in [0.4, 0.5) is 0 Å². The smallest absolute Gasteiger partial charge is 0.0710 e. The molecule has 0 amide bonds. The van der Waals surface area contributed by atoms with E-state index in [4.69, 9.17) is 16.3 Å². The van der Waals surface area contributed by atoms with Gasteiger partial charge in [0.25, 0.3) is 0 Å². The third-order valence-electron chi connectivity index (χ3n) is 4.26. The number of halogens is 1. The molecule has 17 heavy (non-hydrogen) atoms. The number of likely N-dealkylation sites (N-methyl/N-ethyl adjacent to an activating group) is 1. The molecule has 2 rings (SSSR count). The van der Waals surface area contributed by atoms with E-state index in [1.165, 1.54) is 38.5 Å². The molecular formula is C14H26ClNO. The van der Waals surface area contributed by atoms with Crippen molar-refractivity contribution in [1.29, 1.82) is 0 Å². The fraction of sp³-hybridized carbons (Fsp3) is 1.00. The first kappa shape index (κ1) is 13.6. The highest BCUT2D eigenvalue weighted by Gasteiger charge is 2.34. The van der Waals surface area contributed by atoms with Crippen molar-refractivity contribution in [3.05, 3.63) is 0 Å². The van der Waals surface area contributed by atoms with Gasteiger partial charge in [-0.2, -0.15) is 0 Å². The highest BCUT2D eigenvalue weighted by atomic mass is 35.5. The van der Waals surface area contributed by atoms with Crippen LogP contribution in [0.2, 0.25) is 0 Å². The van der Waals surface area contributed by atoms with Gasteiger partial charge < -0.3 is 4.74 Å². The average molecular weight is 260 g/mol. The van der Waals surface area contributed by atoms with Gasteiger partial charge in [-0.1, -0.05) is 12.8 Å². The maximum atomic E-state index is 6.44. The summed E-state index contributed by atoms with van der Waals surface area (Å²) in [4.78, 5) is 2.43. The van der Waals surface area contributed by atoms with Crippen molar-refractivity contribution in [3.63, 3.8) is 0 Å². The van der Waals surface area contributed by atoms with Gasteiger partial charge >= 0.3 is 0 Å². The van der Waals surface area contributed by atoms with E-state index >= 15 is 0 Å². The molecular weight excluding hydrogens is 234 g/mol. The molecule has 1 aliphatic carbocycles. The Bertz CT molecular complexity index is 257. The summed E-state index contributed by atoms with van der Waals surface area (Å²) in [6.07, 6.45) is 7.83. The van der Waals surface area contributed by atoms with Crippen LogP contribution in [0.1, 0.15) is 52.4 Å². The number of alkyl halides is 1. The van der Waals surface area contributed by atoms with Crippen LogP contribution in [0.15, 0.2) is 0 Å². The summed E-state index contributed by atoms with van der Waals surface area (Å²) in [5.41, 5.74) is 0.0818. The molecule has 0 aromatic heterocycles. The molecule has 0 N–H and O–H groups in total. The van der Waals surface area contributed by atoms with Gasteiger partial charge in [-0.05, 0) is 46.6 Å². The lowest BCUT2D eigenvalue weighted by Crippen LogP contribution is -2.44. The minimum absolute atomic E-state index is 0.0818. The fourth-order valence-electron chi connectivity index (χ4n) is 3.23. The van der Waals surface area contributed by atoms with Crippen molar-refractivity contribution >= 4 is 11.6 Å². The topological polar surface area (TPSA) is 12.5 Å². The molecule has 100 valence electrons. The minimum atomic E-state index is 0.0818. The molecule has 3 heteroatoms. The first-order valence-electron chi connectivity index (χ1n) is 7.00. The fourth-order valence-corrected chi connectivity index (χ4v) is 3.70. The molecule has 1 aliphatic heterocycles. The molecule has 3 unspecified atom stereocenters. The summed E-state index contributed by atoms with van der Waals surface area (Å²) >= 11 is 6.44. The minimum Gasteiger partial charge on any atom is -0.371 e. The van der Waals surface area contributed by atoms with Crippen LogP contribution < -0.4 is 0 Å². The Labute approximate surface area is 111 Å². The van der Waals surface area contributed by atoms with Gasteiger partial charge in [-0.25, -0.2) is 0 Å². The summed E-state index contributed by atoms with van der Waals surface area (Å²) in [7, 11) is 2.21. The number of hydrogen-bond acceptors (Lipinski definition) is 2. The molecule has 1 saturated heterocycles. The van der Waals surface area contributed by atoms with Crippen LogP contribution in [0.5, 0.6) is 0 Å². The van der Waals surface area contributed by atoms with Crippen molar-refractivity contribution in [3.8, 4) is 0 Å². The summed E-state index contributed by atoms with van der Waals surface area (Å²) in [6, 6.07) is 0.553. The lowest BCUT2D eigenvalue weighted by atomic mass is 9.93. The largest absolute Gasteiger partial charge is 0.371 e. The number of nitrogens with zero attached hydrogens (tertiary/aromatic N) is 1. The highest BCUT2D eigenvalue weighted by molar-refractivity contribution is 6.21. The van der Waals surface area contributed by atoms with Crippen LogP contribution >= 0.6 is 11.6 Å². The van der Waals surface area contributed by atoms with Crippen molar-refractivity contribution in [2.24, 2.45) is 0 Å². The summed E-state index contributed by atoms with van der Waals surface area (Å²) in [5.74, 6) is 0. The van der Waals surface area contributed by atoms with Gasteiger partial charge in [-0.3, -0.25) is 4.90 Å². The molecule has 2 nitrogen and oxygen atoms in total. The van der Waals surface area contributed by atoms with E-state index in [2.05, 4.69) is 25.8 Å². The standard InChI is InChI=1S/C14H26ClNO/c1-14(2)9-8-11(17-14)10-16(3)13-7-5-4-6-12(13)15/h11-13H,4-10H2,1-3H3. The molecule has 0 aromatic rings. The Balaban J connectivity index is 1.82. The zero-order valence-electron chi connectivity index (χ0n) is 11.4. The highest BCUT2D eigenvalue weighted by Crippen LogP contribution is 2.31. The van der Waals surface area contributed by atoms with E-state index < -0.39 is 0 Å². The predicted molar refractivity (Wildman–Crippen MR) is 72.7 cm³/mol. The maximum absolute atomic E-state index is 6.44. The van der Waals surface area contributed by atoms with Gasteiger partial charge in [0.05, 0.1) is 11.7 Å². The normalized spacial score (nSPS) is 37.6. The lowest BCUT2D eigenvalue weighted by molar-refractivity contribution is -0.0315. The first-order valence-corrected chi connectivity index (χ1v) is 7.44. The molecule has 1 saturated carbocycles. The van der Waals surface area contributed by atoms with Gasteiger partial charge in [-0.15, -0.1) is 11.6 Å². The second kappa shape index (κ2) is 5.46. The summed E-state index contributed by atoms with van der Waals surface area (Å²) in [6.45, 7) is 5.42. The van der Waals surface area contributed by atoms with Crippen LogP contribution in [0.25, 0.3) is 0 Å². The Morgan fingerprint density at radius 2 is 1.94 bits per heavy atom. The van der Waals surface area contributed by atoms with E-state index in [1.807, 2.05) is 0 Å². The molecule has 0 bridgehead atoms. The van der Waals surface area contributed by atoms with Gasteiger partial charge in [0, 0.05) is 18.0 Å². The number of rotatable bonds is 3. The Kier molecular flexibility index (Phi) is 4.38. The average Bonchev–Trinajstić information content (AvgIpc) is 2.58. The Morgan fingerprint density at radius 1 is 1.24 bits per heavy atom. The maximum Gasteiger partial charge on any atom is 0.0710 e. The summed E-state index contributed by atoms with van der Waals surface area (Å²) in [5, 5.41) is 0.336. The van der Waals surface area contributed by atoms with Crippen molar-refractivity contribution < 1.29 is 4.74 Å². The van der Waals surface area contributed by atoms with Crippen molar-refractivity contribution in [2.75, 3.05) is 13.6 Å². The van der Waals surface area contributed by atoms with Crippen LogP contribution in [0.3, 0.4) is 0 Å². The van der Waals surface area contributed by atoms with E-state index in [0.717, 1.165) is 6.54 Å². The zero-order chi connectivity index (χ0) is 12.5. The lowest BCUT2D eigenvalue weighted by Gasteiger charge is -2.36. The Hall–Kier alpha value is 0.210. The van der Waals surface area contributed by atoms with E-state index in [1.54, 1.807) is 0 Å². The molecule has 2 aliphatic rings. The summed E-state index contributed by atoms with van der Waals surface area (Å²) < 4.78 is 6.06. The van der Waals surface area contributed by atoms with Crippen molar-refractivity contribution in [2.45, 2.75) is 75.5 Å². The first-order chi connectivity index (χ1) is 7.98.